The number of rotatable bonds is 3. The van der Waals surface area contributed by atoms with E-state index in [1.807, 2.05) is 12.1 Å². The third-order valence-corrected chi connectivity index (χ3v) is 5.49. The van der Waals surface area contributed by atoms with Crippen molar-refractivity contribution in [3.63, 3.8) is 0 Å². The summed E-state index contributed by atoms with van der Waals surface area (Å²) in [5.41, 5.74) is 1.06. The molecule has 5 nitrogen and oxygen atoms in total. The first-order valence-electron chi connectivity index (χ1n) is 7.53. The van der Waals surface area contributed by atoms with Crippen molar-refractivity contribution < 1.29 is 13.2 Å². The first-order valence-corrected chi connectivity index (χ1v) is 9.08. The van der Waals surface area contributed by atoms with Gasteiger partial charge >= 0.3 is 0 Å². The average molecular weight is 310 g/mol. The van der Waals surface area contributed by atoms with Crippen LogP contribution in [0.3, 0.4) is 0 Å². The molecule has 21 heavy (non-hydrogen) atoms. The molecule has 2 aliphatic heterocycles. The lowest BCUT2D eigenvalue weighted by molar-refractivity contribution is 0.0531. The predicted octanol–water partition coefficient (Wildman–Crippen LogP) is 1.73. The number of piperidine rings is 1. The fourth-order valence-corrected chi connectivity index (χ4v) is 3.87. The summed E-state index contributed by atoms with van der Waals surface area (Å²) in [7, 11) is -3.61. The van der Waals surface area contributed by atoms with E-state index in [0.29, 0.717) is 12.0 Å². The van der Waals surface area contributed by atoms with Crippen LogP contribution < -0.4 is 10.0 Å². The van der Waals surface area contributed by atoms with Crippen molar-refractivity contribution >= 4 is 15.7 Å². The number of sulfonamides is 1. The van der Waals surface area contributed by atoms with Crippen LogP contribution >= 0.6 is 0 Å². The Bertz CT molecular complexity index is 571. The molecule has 0 aliphatic carbocycles. The number of ether oxygens (including phenoxy) is 1. The number of hydrogen-bond acceptors (Lipinski definition) is 4. The summed E-state index contributed by atoms with van der Waals surface area (Å²) in [5.74, 6) is 0.674. The molecule has 0 bridgehead atoms. The molecular formula is C15H22N2O3S. The number of primary sulfonamides is 1. The minimum Gasteiger partial charge on any atom is -0.378 e. The van der Waals surface area contributed by atoms with E-state index < -0.39 is 10.0 Å². The second-order valence-electron chi connectivity index (χ2n) is 5.91. The summed E-state index contributed by atoms with van der Waals surface area (Å²) in [6, 6.07) is 6.84. The van der Waals surface area contributed by atoms with Gasteiger partial charge in [-0.2, -0.15) is 0 Å². The molecule has 2 fully saturated rings. The van der Waals surface area contributed by atoms with E-state index in [1.54, 1.807) is 12.1 Å². The van der Waals surface area contributed by atoms with Crippen molar-refractivity contribution in [1.82, 2.24) is 0 Å². The van der Waals surface area contributed by atoms with Crippen molar-refractivity contribution in [3.05, 3.63) is 24.3 Å². The summed E-state index contributed by atoms with van der Waals surface area (Å²) in [4.78, 5) is 2.47. The fraction of sp³-hybridized carbons (Fsp3) is 0.600. The van der Waals surface area contributed by atoms with E-state index in [-0.39, 0.29) is 4.90 Å². The molecule has 6 heteroatoms. The van der Waals surface area contributed by atoms with Gasteiger partial charge in [0, 0.05) is 25.4 Å². The van der Waals surface area contributed by atoms with Gasteiger partial charge in [-0.25, -0.2) is 13.6 Å². The van der Waals surface area contributed by atoms with Gasteiger partial charge in [0.15, 0.2) is 0 Å². The zero-order valence-electron chi connectivity index (χ0n) is 12.1. The predicted molar refractivity (Wildman–Crippen MR) is 81.7 cm³/mol. The van der Waals surface area contributed by atoms with Crippen molar-refractivity contribution in [3.8, 4) is 0 Å². The average Bonchev–Trinajstić information content (AvgIpc) is 3.01. The summed E-state index contributed by atoms with van der Waals surface area (Å²) in [6.45, 7) is 2.92. The standard InChI is InChI=1S/C15H22N2O3S/c16-21(18,19)14-5-3-13(4-6-14)17-9-7-12(8-10-17)15-2-1-11-20-15/h3-6,12,15H,1-2,7-11H2,(H2,16,18,19). The number of nitrogens with two attached hydrogens (primary N) is 1. The molecule has 1 unspecified atom stereocenters. The minimum absolute atomic E-state index is 0.167. The van der Waals surface area contributed by atoms with E-state index in [1.165, 1.54) is 12.8 Å². The normalized spacial score (nSPS) is 24.4. The van der Waals surface area contributed by atoms with E-state index in [0.717, 1.165) is 38.2 Å². The third-order valence-electron chi connectivity index (χ3n) is 4.56. The van der Waals surface area contributed by atoms with Crippen LogP contribution in [0.5, 0.6) is 0 Å². The van der Waals surface area contributed by atoms with Crippen molar-refractivity contribution in [2.45, 2.75) is 36.7 Å². The van der Waals surface area contributed by atoms with Crippen LogP contribution in [0.15, 0.2) is 29.2 Å². The largest absolute Gasteiger partial charge is 0.378 e. The van der Waals surface area contributed by atoms with Crippen molar-refractivity contribution in [2.75, 3.05) is 24.6 Å². The van der Waals surface area contributed by atoms with Crippen LogP contribution in [0.25, 0.3) is 0 Å². The summed E-state index contributed by atoms with van der Waals surface area (Å²) in [5, 5.41) is 5.12. The Kier molecular flexibility index (Phi) is 4.19. The van der Waals surface area contributed by atoms with Crippen LogP contribution in [-0.4, -0.2) is 34.2 Å². The van der Waals surface area contributed by atoms with Crippen LogP contribution in [0, 0.1) is 5.92 Å². The van der Waals surface area contributed by atoms with Gasteiger partial charge in [-0.05, 0) is 55.9 Å². The third kappa shape index (κ3) is 3.39. The van der Waals surface area contributed by atoms with E-state index in [9.17, 15) is 8.42 Å². The Balaban J connectivity index is 1.61. The van der Waals surface area contributed by atoms with E-state index in [2.05, 4.69) is 4.90 Å². The summed E-state index contributed by atoms with van der Waals surface area (Å²) in [6.07, 6.45) is 5.13. The number of hydrogen-bond donors (Lipinski definition) is 1. The number of anilines is 1. The van der Waals surface area contributed by atoms with Gasteiger partial charge in [0.1, 0.15) is 0 Å². The molecule has 116 valence electrons. The Labute approximate surface area is 126 Å². The molecular weight excluding hydrogens is 288 g/mol. The molecule has 0 aromatic heterocycles. The lowest BCUT2D eigenvalue weighted by Crippen LogP contribution is -2.37. The molecule has 3 rings (SSSR count). The highest BCUT2D eigenvalue weighted by atomic mass is 32.2. The van der Waals surface area contributed by atoms with Gasteiger partial charge < -0.3 is 9.64 Å². The van der Waals surface area contributed by atoms with E-state index in [4.69, 9.17) is 9.88 Å². The van der Waals surface area contributed by atoms with Crippen molar-refractivity contribution in [2.24, 2.45) is 11.1 Å². The first kappa shape index (κ1) is 14.8. The van der Waals surface area contributed by atoms with Crippen LogP contribution in [0.2, 0.25) is 0 Å². The van der Waals surface area contributed by atoms with Gasteiger partial charge in [-0.3, -0.25) is 0 Å². The highest BCUT2D eigenvalue weighted by molar-refractivity contribution is 7.89. The molecule has 2 aliphatic rings. The van der Waals surface area contributed by atoms with Gasteiger partial charge in [0.25, 0.3) is 0 Å². The molecule has 0 amide bonds. The quantitative estimate of drug-likeness (QED) is 0.923. The first-order chi connectivity index (χ1) is 10.0. The highest BCUT2D eigenvalue weighted by Crippen LogP contribution is 2.31. The summed E-state index contributed by atoms with van der Waals surface area (Å²) < 4.78 is 28.3. The maximum atomic E-state index is 11.3. The molecule has 2 heterocycles. The smallest absolute Gasteiger partial charge is 0.238 e. The van der Waals surface area contributed by atoms with E-state index >= 15 is 0 Å². The second-order valence-corrected chi connectivity index (χ2v) is 7.48. The van der Waals surface area contributed by atoms with Gasteiger partial charge in [-0.15, -0.1) is 0 Å². The Morgan fingerprint density at radius 1 is 1.10 bits per heavy atom. The zero-order chi connectivity index (χ0) is 14.9. The fourth-order valence-electron chi connectivity index (χ4n) is 3.35. The van der Waals surface area contributed by atoms with Crippen LogP contribution in [0.4, 0.5) is 5.69 Å². The molecule has 1 aromatic rings. The molecule has 1 atom stereocenters. The molecule has 0 radical (unpaired) electrons. The second kappa shape index (κ2) is 5.94. The zero-order valence-corrected chi connectivity index (χ0v) is 12.9. The Hall–Kier alpha value is -1.11. The molecule has 0 saturated carbocycles. The number of benzene rings is 1. The topological polar surface area (TPSA) is 72.6 Å². The lowest BCUT2D eigenvalue weighted by Gasteiger charge is -2.35. The van der Waals surface area contributed by atoms with Crippen LogP contribution in [-0.2, 0) is 14.8 Å². The number of nitrogens with zero attached hydrogens (tertiary/aromatic N) is 1. The maximum Gasteiger partial charge on any atom is 0.238 e. The van der Waals surface area contributed by atoms with Gasteiger partial charge in [0.2, 0.25) is 10.0 Å². The lowest BCUT2D eigenvalue weighted by atomic mass is 9.89. The molecule has 2 saturated heterocycles. The Morgan fingerprint density at radius 3 is 2.29 bits per heavy atom. The maximum absolute atomic E-state index is 11.3. The van der Waals surface area contributed by atoms with Gasteiger partial charge in [0.05, 0.1) is 11.0 Å². The van der Waals surface area contributed by atoms with Crippen LogP contribution in [0.1, 0.15) is 25.7 Å². The monoisotopic (exact) mass is 310 g/mol. The minimum atomic E-state index is -3.61. The SMILES string of the molecule is NS(=O)(=O)c1ccc(N2CCC(C3CCCO3)CC2)cc1. The highest BCUT2D eigenvalue weighted by Gasteiger charge is 2.29. The Morgan fingerprint density at radius 2 is 1.76 bits per heavy atom. The molecule has 1 aromatic carbocycles. The summed E-state index contributed by atoms with van der Waals surface area (Å²) >= 11 is 0. The van der Waals surface area contributed by atoms with Gasteiger partial charge in [-0.1, -0.05) is 0 Å². The molecule has 0 spiro atoms. The van der Waals surface area contributed by atoms with Crippen molar-refractivity contribution in [1.29, 1.82) is 0 Å². The molecule has 2 N–H and O–H groups in total.